The summed E-state index contributed by atoms with van der Waals surface area (Å²) < 4.78 is 0. The Labute approximate surface area is 131 Å². The molecule has 1 aromatic carbocycles. The number of aromatic amines is 1. The van der Waals surface area contributed by atoms with E-state index in [1.165, 1.54) is 11.3 Å². The van der Waals surface area contributed by atoms with E-state index in [0.29, 0.717) is 5.69 Å². The van der Waals surface area contributed by atoms with E-state index >= 15 is 0 Å². The van der Waals surface area contributed by atoms with E-state index in [2.05, 4.69) is 25.7 Å². The minimum Gasteiger partial charge on any atom is -0.311 e. The molecular formula is C15H15N5OS. The molecule has 0 unspecified atom stereocenters. The molecule has 0 radical (unpaired) electrons. The van der Waals surface area contributed by atoms with Crippen LogP contribution in [0.25, 0.3) is 11.3 Å². The van der Waals surface area contributed by atoms with Gasteiger partial charge in [0, 0.05) is 5.56 Å². The van der Waals surface area contributed by atoms with E-state index in [1.807, 2.05) is 44.2 Å². The third-order valence-corrected chi connectivity index (χ3v) is 4.40. The fourth-order valence-electron chi connectivity index (χ4n) is 2.07. The van der Waals surface area contributed by atoms with Gasteiger partial charge in [-0.3, -0.25) is 4.79 Å². The molecule has 0 spiro atoms. The zero-order valence-electron chi connectivity index (χ0n) is 12.3. The van der Waals surface area contributed by atoms with Crippen molar-refractivity contribution < 1.29 is 4.79 Å². The number of thiazole rings is 1. The van der Waals surface area contributed by atoms with Gasteiger partial charge in [-0.15, -0.1) is 11.3 Å². The second-order valence-corrected chi connectivity index (χ2v) is 5.80. The summed E-state index contributed by atoms with van der Waals surface area (Å²) in [5.41, 5.74) is 2.48. The van der Waals surface area contributed by atoms with Crippen LogP contribution in [0, 0.1) is 6.92 Å². The van der Waals surface area contributed by atoms with Crippen molar-refractivity contribution in [2.24, 2.45) is 0 Å². The first kappa shape index (κ1) is 14.4. The number of rotatable bonds is 4. The summed E-state index contributed by atoms with van der Waals surface area (Å²) in [4.78, 5) is 16.9. The van der Waals surface area contributed by atoms with E-state index in [9.17, 15) is 4.79 Å². The van der Waals surface area contributed by atoms with E-state index in [-0.39, 0.29) is 11.6 Å². The molecule has 2 heterocycles. The highest BCUT2D eigenvalue weighted by molar-refractivity contribution is 7.16. The molecule has 0 aliphatic heterocycles. The summed E-state index contributed by atoms with van der Waals surface area (Å²) in [6, 6.07) is 9.49. The van der Waals surface area contributed by atoms with Crippen LogP contribution < -0.4 is 5.32 Å². The van der Waals surface area contributed by atoms with Crippen molar-refractivity contribution in [3.63, 3.8) is 0 Å². The third kappa shape index (κ3) is 2.75. The van der Waals surface area contributed by atoms with Crippen LogP contribution in [-0.2, 0) is 6.42 Å². The number of nitrogens with one attached hydrogen (secondary N) is 2. The third-order valence-electron chi connectivity index (χ3n) is 3.18. The van der Waals surface area contributed by atoms with Crippen LogP contribution in [0.15, 0.2) is 30.3 Å². The van der Waals surface area contributed by atoms with Gasteiger partial charge in [0.1, 0.15) is 10.7 Å². The second-order valence-electron chi connectivity index (χ2n) is 4.72. The monoisotopic (exact) mass is 313 g/mol. The zero-order chi connectivity index (χ0) is 15.5. The van der Waals surface area contributed by atoms with Gasteiger partial charge in [-0.25, -0.2) is 4.98 Å². The summed E-state index contributed by atoms with van der Waals surface area (Å²) in [5, 5.41) is 15.2. The van der Waals surface area contributed by atoms with Crippen molar-refractivity contribution in [3.05, 3.63) is 46.7 Å². The Kier molecular flexibility index (Phi) is 3.97. The summed E-state index contributed by atoms with van der Waals surface area (Å²) in [6.45, 7) is 3.92. The predicted octanol–water partition coefficient (Wildman–Crippen LogP) is 3.05. The van der Waals surface area contributed by atoms with Crippen molar-refractivity contribution in [1.82, 2.24) is 20.4 Å². The van der Waals surface area contributed by atoms with Gasteiger partial charge >= 0.3 is 0 Å². The molecule has 0 saturated heterocycles. The smallest absolute Gasteiger partial charge is 0.279 e. The highest BCUT2D eigenvalue weighted by Crippen LogP contribution is 2.26. The summed E-state index contributed by atoms with van der Waals surface area (Å²) >= 11 is 1.49. The first-order chi connectivity index (χ1) is 10.7. The molecule has 2 aromatic heterocycles. The van der Waals surface area contributed by atoms with E-state index in [4.69, 9.17) is 0 Å². The molecule has 0 atom stereocenters. The highest BCUT2D eigenvalue weighted by Gasteiger charge is 2.19. The maximum atomic E-state index is 12.5. The maximum absolute atomic E-state index is 12.5. The maximum Gasteiger partial charge on any atom is 0.279 e. The molecule has 0 saturated carbocycles. The number of amides is 1. The van der Waals surface area contributed by atoms with Crippen LogP contribution in [-0.4, -0.2) is 26.3 Å². The summed E-state index contributed by atoms with van der Waals surface area (Å²) in [6.07, 6.45) is 0.848. The molecule has 3 aromatic rings. The number of H-pyrrole nitrogens is 1. The zero-order valence-corrected chi connectivity index (χ0v) is 13.1. The van der Waals surface area contributed by atoms with Crippen molar-refractivity contribution in [2.75, 3.05) is 5.32 Å². The second kappa shape index (κ2) is 6.07. The molecule has 1 amide bonds. The Bertz CT molecular complexity index is 793. The van der Waals surface area contributed by atoms with Gasteiger partial charge in [0.2, 0.25) is 0 Å². The fourth-order valence-corrected chi connectivity index (χ4v) is 2.97. The van der Waals surface area contributed by atoms with E-state index in [0.717, 1.165) is 27.7 Å². The van der Waals surface area contributed by atoms with Gasteiger partial charge in [0.25, 0.3) is 5.91 Å². The van der Waals surface area contributed by atoms with Crippen LogP contribution in [0.4, 0.5) is 5.00 Å². The van der Waals surface area contributed by atoms with Crippen molar-refractivity contribution in [2.45, 2.75) is 20.3 Å². The number of carbonyl (C=O) groups is 1. The molecule has 0 fully saturated rings. The van der Waals surface area contributed by atoms with Crippen LogP contribution in [0.3, 0.4) is 0 Å². The van der Waals surface area contributed by atoms with Crippen LogP contribution in [0.1, 0.15) is 28.1 Å². The van der Waals surface area contributed by atoms with Crippen LogP contribution >= 0.6 is 11.3 Å². The van der Waals surface area contributed by atoms with Crippen molar-refractivity contribution in [1.29, 1.82) is 0 Å². The van der Waals surface area contributed by atoms with E-state index < -0.39 is 0 Å². The first-order valence-corrected chi connectivity index (χ1v) is 7.74. The Morgan fingerprint density at radius 1 is 1.27 bits per heavy atom. The lowest BCUT2D eigenvalue weighted by Gasteiger charge is -2.02. The van der Waals surface area contributed by atoms with E-state index in [1.54, 1.807) is 0 Å². The standard InChI is InChI=1S/C15H15N5OS/c1-3-11-16-9(2)15(22-11)17-14(21)13-12(18-20-19-13)10-7-5-4-6-8-10/h4-8H,3H2,1-2H3,(H,17,21)(H,18,19,20). The van der Waals surface area contributed by atoms with Gasteiger partial charge in [-0.05, 0) is 13.3 Å². The lowest BCUT2D eigenvalue weighted by atomic mass is 10.1. The number of anilines is 1. The lowest BCUT2D eigenvalue weighted by Crippen LogP contribution is -2.13. The molecule has 2 N–H and O–H groups in total. The predicted molar refractivity (Wildman–Crippen MR) is 86.0 cm³/mol. The van der Waals surface area contributed by atoms with Gasteiger partial charge in [-0.2, -0.15) is 15.4 Å². The van der Waals surface area contributed by atoms with Crippen molar-refractivity contribution in [3.8, 4) is 11.3 Å². The van der Waals surface area contributed by atoms with Gasteiger partial charge < -0.3 is 5.32 Å². The molecule has 0 aliphatic rings. The lowest BCUT2D eigenvalue weighted by molar-refractivity contribution is 0.102. The van der Waals surface area contributed by atoms with Crippen LogP contribution in [0.5, 0.6) is 0 Å². The number of aryl methyl sites for hydroxylation is 2. The molecule has 6 nitrogen and oxygen atoms in total. The molecule has 3 rings (SSSR count). The quantitative estimate of drug-likeness (QED) is 0.775. The molecule has 112 valence electrons. The molecular weight excluding hydrogens is 298 g/mol. The Balaban J connectivity index is 1.87. The minimum absolute atomic E-state index is 0.275. The van der Waals surface area contributed by atoms with Gasteiger partial charge in [0.05, 0.1) is 10.7 Å². The number of nitrogens with zero attached hydrogens (tertiary/aromatic N) is 3. The molecule has 0 bridgehead atoms. The highest BCUT2D eigenvalue weighted by atomic mass is 32.1. The number of benzene rings is 1. The average molecular weight is 313 g/mol. The number of aromatic nitrogens is 4. The van der Waals surface area contributed by atoms with Gasteiger partial charge in [0.15, 0.2) is 5.69 Å². The van der Waals surface area contributed by atoms with Crippen molar-refractivity contribution >= 4 is 22.2 Å². The summed E-state index contributed by atoms with van der Waals surface area (Å²) in [7, 11) is 0. The molecule has 0 aliphatic carbocycles. The number of hydrogen-bond donors (Lipinski definition) is 2. The fraction of sp³-hybridized carbons (Fsp3) is 0.200. The molecule has 22 heavy (non-hydrogen) atoms. The summed E-state index contributed by atoms with van der Waals surface area (Å²) in [5.74, 6) is -0.290. The minimum atomic E-state index is -0.290. The normalized spacial score (nSPS) is 10.6. The first-order valence-electron chi connectivity index (χ1n) is 6.93. The SMILES string of the molecule is CCc1nc(C)c(NC(=O)c2n[nH]nc2-c2ccccc2)s1. The van der Waals surface area contributed by atoms with Gasteiger partial charge in [-0.1, -0.05) is 37.3 Å². The Morgan fingerprint density at radius 3 is 2.73 bits per heavy atom. The average Bonchev–Trinajstić information content (AvgIpc) is 3.15. The number of carbonyl (C=O) groups excluding carboxylic acids is 1. The van der Waals surface area contributed by atoms with Crippen LogP contribution in [0.2, 0.25) is 0 Å². The Morgan fingerprint density at radius 2 is 2.05 bits per heavy atom. The molecule has 7 heteroatoms. The Hall–Kier alpha value is -2.54. The number of hydrogen-bond acceptors (Lipinski definition) is 5. The topological polar surface area (TPSA) is 83.6 Å². The largest absolute Gasteiger partial charge is 0.311 e.